The average Bonchev–Trinajstić information content (AvgIpc) is 3.94. The lowest BCUT2D eigenvalue weighted by atomic mass is 9.82. The van der Waals surface area contributed by atoms with Crippen LogP contribution in [0.1, 0.15) is 50.8 Å². The first-order chi connectivity index (χ1) is 36.7. The van der Waals surface area contributed by atoms with Gasteiger partial charge in [0.2, 0.25) is 0 Å². The average molecular weight is 986 g/mol. The van der Waals surface area contributed by atoms with Gasteiger partial charge in [-0.15, -0.1) is 0 Å². The Balaban J connectivity index is 0.797. The molecule has 6 heteroatoms. The van der Waals surface area contributed by atoms with Crippen LogP contribution in [0.3, 0.4) is 0 Å². The lowest BCUT2D eigenvalue weighted by Gasteiger charge is -2.28. The summed E-state index contributed by atoms with van der Waals surface area (Å²) in [6.07, 6.45) is 1.67. The van der Waals surface area contributed by atoms with Crippen LogP contribution in [0.15, 0.2) is 212 Å². The zero-order valence-corrected chi connectivity index (χ0v) is 44.0. The molecule has 11 rings (SSSR count). The fraction of sp³-hybridized carbons (Fsp3) is 0.217. The largest absolute Gasteiger partial charge is 0.491 e. The van der Waals surface area contributed by atoms with Crippen molar-refractivity contribution in [1.29, 1.82) is 0 Å². The van der Waals surface area contributed by atoms with Crippen LogP contribution in [0.4, 0.5) is 22.7 Å². The summed E-state index contributed by atoms with van der Waals surface area (Å²) in [5.41, 5.74) is 19.4. The Morgan fingerprint density at radius 3 is 1.73 bits per heavy atom. The third-order valence-corrected chi connectivity index (χ3v) is 14.9. The van der Waals surface area contributed by atoms with E-state index in [0.29, 0.717) is 39.0 Å². The van der Waals surface area contributed by atoms with E-state index in [9.17, 15) is 0 Å². The first-order valence-electron chi connectivity index (χ1n) is 26.7. The molecule has 0 aliphatic heterocycles. The second kappa shape index (κ2) is 21.9. The molecule has 0 unspecified atom stereocenters. The van der Waals surface area contributed by atoms with E-state index < -0.39 is 0 Å². The highest BCUT2D eigenvalue weighted by atomic mass is 16.5. The number of nitrogens with zero attached hydrogens (tertiary/aromatic N) is 3. The smallest absolute Gasteiger partial charge is 0.119 e. The Kier molecular flexibility index (Phi) is 14.4. The molecule has 0 N–H and O–H groups in total. The van der Waals surface area contributed by atoms with Crippen LogP contribution in [0.2, 0.25) is 0 Å². The summed E-state index contributed by atoms with van der Waals surface area (Å²) < 4.78 is 20.3. The summed E-state index contributed by atoms with van der Waals surface area (Å²) in [4.78, 5) is 4.68. The molecule has 75 heavy (non-hydrogen) atoms. The van der Waals surface area contributed by atoms with Gasteiger partial charge in [-0.3, -0.25) is 0 Å². The van der Waals surface area contributed by atoms with E-state index in [-0.39, 0.29) is 5.41 Å². The third-order valence-electron chi connectivity index (χ3n) is 14.9. The quantitative estimate of drug-likeness (QED) is 0.0712. The van der Waals surface area contributed by atoms with E-state index in [4.69, 9.17) is 14.2 Å². The van der Waals surface area contributed by atoms with Gasteiger partial charge in [-0.25, -0.2) is 0 Å². The van der Waals surface area contributed by atoms with Crippen LogP contribution < -0.4 is 14.5 Å². The van der Waals surface area contributed by atoms with Crippen LogP contribution in [0.25, 0.3) is 60.9 Å². The Bertz CT molecular complexity index is 3530. The minimum absolute atomic E-state index is 0.113. The molecular formula is C69H67N3O3. The maximum absolute atomic E-state index is 6.14. The van der Waals surface area contributed by atoms with Gasteiger partial charge in [0.05, 0.1) is 24.2 Å². The maximum Gasteiger partial charge on any atom is 0.119 e. The molecule has 0 saturated carbocycles. The Morgan fingerprint density at radius 2 is 1.03 bits per heavy atom. The van der Waals surface area contributed by atoms with Crippen molar-refractivity contribution in [2.24, 2.45) is 5.92 Å². The zero-order chi connectivity index (χ0) is 51.3. The Hall–Kier alpha value is -7.90. The van der Waals surface area contributed by atoms with Crippen molar-refractivity contribution in [2.45, 2.75) is 46.0 Å². The van der Waals surface area contributed by atoms with Gasteiger partial charge in [-0.1, -0.05) is 143 Å². The van der Waals surface area contributed by atoms with Gasteiger partial charge in [-0.05, 0) is 166 Å². The second-order valence-electron chi connectivity index (χ2n) is 20.9. The number of aromatic nitrogens is 1. The van der Waals surface area contributed by atoms with Gasteiger partial charge in [0.15, 0.2) is 0 Å². The SMILES string of the molecule is CC(C)CN(C)c1ccc(OCCOCCCOCCc2ccc3c(c2)c2cc(-c4ccc(N(c5ccc(-c6ccccc6)cc5)c5ccc6c(c5)C(C)(C)c5ccccc5-6)cc4)ccc2n3-c2ccccc2)cc1. The van der Waals surface area contributed by atoms with E-state index in [1.807, 2.05) is 12.1 Å². The summed E-state index contributed by atoms with van der Waals surface area (Å²) in [6.45, 7) is 13.2. The zero-order valence-electron chi connectivity index (χ0n) is 44.0. The Morgan fingerprint density at radius 1 is 0.467 bits per heavy atom. The molecule has 0 amide bonds. The molecule has 376 valence electrons. The highest BCUT2D eigenvalue weighted by molar-refractivity contribution is 6.10. The number of hydrogen-bond acceptors (Lipinski definition) is 5. The summed E-state index contributed by atoms with van der Waals surface area (Å²) in [6, 6.07) is 77.4. The van der Waals surface area contributed by atoms with E-state index in [1.54, 1.807) is 0 Å². The van der Waals surface area contributed by atoms with Crippen molar-refractivity contribution in [3.05, 3.63) is 229 Å². The fourth-order valence-electron chi connectivity index (χ4n) is 11.1. The summed E-state index contributed by atoms with van der Waals surface area (Å²) in [5.74, 6) is 1.48. The molecule has 0 saturated heterocycles. The predicted octanol–water partition coefficient (Wildman–Crippen LogP) is 17.0. The summed E-state index contributed by atoms with van der Waals surface area (Å²) >= 11 is 0. The lowest BCUT2D eigenvalue weighted by molar-refractivity contribution is 0.0690. The standard InChI is InChI=1S/C69H67N3O3/c1-49(2)48-70(5)55-31-34-60(35-32-55)75-44-43-74-41-14-40-73-42-39-50-21-37-67-63(45-50)64-46-54(26-38-68(64)72(67)56-17-10-7-11-18-56)53-24-29-58(30-25-53)71(57-27-22-52(23-28-57)51-15-8-6-9-16-51)59-33-36-62-61-19-12-13-20-65(61)69(3,4)66(62)47-59/h6-13,15-38,45-47,49H,14,39-44,48H2,1-5H3. The molecule has 0 radical (unpaired) electrons. The van der Waals surface area contributed by atoms with Crippen LogP contribution in [0, 0.1) is 5.92 Å². The van der Waals surface area contributed by atoms with Crippen molar-refractivity contribution < 1.29 is 14.2 Å². The van der Waals surface area contributed by atoms with Gasteiger partial charge in [-0.2, -0.15) is 0 Å². The van der Waals surface area contributed by atoms with Gasteiger partial charge < -0.3 is 28.6 Å². The van der Waals surface area contributed by atoms with Crippen molar-refractivity contribution in [3.8, 4) is 44.8 Å². The molecule has 0 atom stereocenters. The van der Waals surface area contributed by atoms with Gasteiger partial charge in [0, 0.05) is 71.4 Å². The second-order valence-corrected chi connectivity index (χ2v) is 20.9. The molecule has 0 spiro atoms. The first kappa shape index (κ1) is 49.3. The molecular weight excluding hydrogens is 919 g/mol. The molecule has 1 aromatic heterocycles. The summed E-state index contributed by atoms with van der Waals surface area (Å²) in [7, 11) is 2.13. The van der Waals surface area contributed by atoms with Crippen molar-refractivity contribution in [2.75, 3.05) is 56.4 Å². The molecule has 6 nitrogen and oxygen atoms in total. The number of anilines is 4. The molecule has 9 aromatic carbocycles. The minimum Gasteiger partial charge on any atom is -0.491 e. The number of hydrogen-bond donors (Lipinski definition) is 0. The van der Waals surface area contributed by atoms with Crippen LogP contribution >= 0.6 is 0 Å². The highest BCUT2D eigenvalue weighted by Gasteiger charge is 2.35. The van der Waals surface area contributed by atoms with E-state index in [1.165, 1.54) is 77.6 Å². The maximum atomic E-state index is 6.14. The summed E-state index contributed by atoms with van der Waals surface area (Å²) in [5, 5.41) is 2.47. The molecule has 10 aromatic rings. The Labute approximate surface area is 443 Å². The number of rotatable bonds is 20. The van der Waals surface area contributed by atoms with Crippen LogP contribution in [0.5, 0.6) is 5.75 Å². The molecule has 1 aliphatic rings. The van der Waals surface area contributed by atoms with Crippen LogP contribution in [-0.2, 0) is 21.3 Å². The number of para-hydroxylation sites is 1. The van der Waals surface area contributed by atoms with Crippen LogP contribution in [-0.4, -0.2) is 51.2 Å². The lowest BCUT2D eigenvalue weighted by Crippen LogP contribution is -2.22. The third kappa shape index (κ3) is 10.5. The van der Waals surface area contributed by atoms with E-state index in [2.05, 4.69) is 249 Å². The van der Waals surface area contributed by atoms with E-state index in [0.717, 1.165) is 47.9 Å². The number of benzene rings is 9. The monoisotopic (exact) mass is 986 g/mol. The number of fused-ring (bicyclic) bond motifs is 6. The molecule has 1 heterocycles. The molecule has 0 bridgehead atoms. The number of ether oxygens (including phenoxy) is 3. The topological polar surface area (TPSA) is 39.1 Å². The van der Waals surface area contributed by atoms with E-state index >= 15 is 0 Å². The van der Waals surface area contributed by atoms with Crippen molar-refractivity contribution >= 4 is 44.6 Å². The van der Waals surface area contributed by atoms with Gasteiger partial charge in [0.25, 0.3) is 0 Å². The molecule has 0 fully saturated rings. The molecule has 1 aliphatic carbocycles. The predicted molar refractivity (Wildman–Crippen MR) is 314 cm³/mol. The normalized spacial score (nSPS) is 12.6. The van der Waals surface area contributed by atoms with Crippen molar-refractivity contribution in [1.82, 2.24) is 4.57 Å². The van der Waals surface area contributed by atoms with Crippen molar-refractivity contribution in [3.63, 3.8) is 0 Å². The first-order valence-corrected chi connectivity index (χ1v) is 26.7. The van der Waals surface area contributed by atoms with Gasteiger partial charge in [0.1, 0.15) is 12.4 Å². The highest BCUT2D eigenvalue weighted by Crippen LogP contribution is 2.51. The fourth-order valence-corrected chi connectivity index (χ4v) is 11.1. The minimum atomic E-state index is -0.113. The van der Waals surface area contributed by atoms with Gasteiger partial charge >= 0.3 is 0 Å².